The average molecular weight is 413 g/mol. The van der Waals surface area contributed by atoms with Gasteiger partial charge in [0, 0.05) is 64.3 Å². The van der Waals surface area contributed by atoms with Gasteiger partial charge in [-0.3, -0.25) is 4.99 Å². The number of para-hydroxylation sites is 2. The summed E-state index contributed by atoms with van der Waals surface area (Å²) in [7, 11) is 1.86. The number of fused-ring (bicyclic) bond motifs is 1. The standard InChI is InChI=1S/C20H28N8S/c1-3-18-24-20(29-25-18)27-13-11-26(12-14-27)19(21-2)22-9-6-10-28-15-23-16-7-4-5-8-17(16)28/h4-5,7-8,15H,3,6,9-14H2,1-2H3,(H,21,22). The summed E-state index contributed by atoms with van der Waals surface area (Å²) in [4.78, 5) is 18.2. The molecule has 1 fully saturated rings. The van der Waals surface area contributed by atoms with Crippen LogP contribution in [0.15, 0.2) is 35.6 Å². The van der Waals surface area contributed by atoms with E-state index in [1.165, 1.54) is 17.0 Å². The first-order chi connectivity index (χ1) is 14.3. The van der Waals surface area contributed by atoms with Crippen LogP contribution in [-0.2, 0) is 13.0 Å². The Bertz CT molecular complexity index is 954. The van der Waals surface area contributed by atoms with Crippen LogP contribution >= 0.6 is 11.5 Å². The lowest BCUT2D eigenvalue weighted by Crippen LogP contribution is -2.52. The molecule has 0 bridgehead atoms. The van der Waals surface area contributed by atoms with Crippen LogP contribution in [0.2, 0.25) is 0 Å². The van der Waals surface area contributed by atoms with Crippen molar-refractivity contribution >= 4 is 33.7 Å². The van der Waals surface area contributed by atoms with Gasteiger partial charge >= 0.3 is 0 Å². The molecule has 0 atom stereocenters. The summed E-state index contributed by atoms with van der Waals surface area (Å²) in [6.45, 7) is 7.68. The van der Waals surface area contributed by atoms with Gasteiger partial charge in [-0.1, -0.05) is 19.1 Å². The first kappa shape index (κ1) is 19.6. The lowest BCUT2D eigenvalue weighted by molar-refractivity contribution is 0.372. The Balaban J connectivity index is 1.23. The molecule has 1 aromatic carbocycles. The second kappa shape index (κ2) is 9.21. The molecule has 1 aliphatic rings. The highest BCUT2D eigenvalue weighted by Crippen LogP contribution is 2.19. The molecule has 1 N–H and O–H groups in total. The van der Waals surface area contributed by atoms with Gasteiger partial charge in [0.15, 0.2) is 5.96 Å². The normalized spacial score (nSPS) is 15.3. The van der Waals surface area contributed by atoms with Crippen LogP contribution in [0.4, 0.5) is 5.13 Å². The predicted molar refractivity (Wildman–Crippen MR) is 119 cm³/mol. The first-order valence-electron chi connectivity index (χ1n) is 10.2. The van der Waals surface area contributed by atoms with E-state index in [1.54, 1.807) is 0 Å². The molecule has 0 amide bonds. The number of rotatable bonds is 6. The topological polar surface area (TPSA) is 74.5 Å². The fraction of sp³-hybridized carbons (Fsp3) is 0.500. The summed E-state index contributed by atoms with van der Waals surface area (Å²) < 4.78 is 6.62. The highest BCUT2D eigenvalue weighted by molar-refractivity contribution is 7.09. The molecule has 2 aromatic heterocycles. The minimum Gasteiger partial charge on any atom is -0.356 e. The predicted octanol–water partition coefficient (Wildman–Crippen LogP) is 2.24. The van der Waals surface area contributed by atoms with Crippen LogP contribution in [0, 0.1) is 0 Å². The Hall–Kier alpha value is -2.68. The zero-order chi connectivity index (χ0) is 20.1. The van der Waals surface area contributed by atoms with Gasteiger partial charge in [0.05, 0.1) is 17.4 Å². The smallest absolute Gasteiger partial charge is 0.205 e. The van der Waals surface area contributed by atoms with Crippen molar-refractivity contribution in [1.82, 2.24) is 29.1 Å². The molecule has 0 saturated carbocycles. The fourth-order valence-electron chi connectivity index (χ4n) is 3.60. The highest BCUT2D eigenvalue weighted by atomic mass is 32.1. The van der Waals surface area contributed by atoms with Crippen LogP contribution in [0.5, 0.6) is 0 Å². The first-order valence-corrected chi connectivity index (χ1v) is 11.0. The quantitative estimate of drug-likeness (QED) is 0.380. The van der Waals surface area contributed by atoms with E-state index in [0.29, 0.717) is 0 Å². The number of benzene rings is 1. The van der Waals surface area contributed by atoms with Crippen molar-refractivity contribution in [3.63, 3.8) is 0 Å². The second-order valence-corrected chi connectivity index (χ2v) is 7.81. The zero-order valence-corrected chi connectivity index (χ0v) is 17.9. The number of imidazole rings is 1. The van der Waals surface area contributed by atoms with Crippen LogP contribution < -0.4 is 10.2 Å². The number of guanidine groups is 1. The lowest BCUT2D eigenvalue weighted by atomic mass is 10.3. The minimum absolute atomic E-state index is 0.885. The Morgan fingerprint density at radius 2 is 2.03 bits per heavy atom. The fourth-order valence-corrected chi connectivity index (χ4v) is 4.40. The summed E-state index contributed by atoms with van der Waals surface area (Å²) >= 11 is 1.51. The SMILES string of the molecule is CCc1nsc(N2CCN(C(=NC)NCCCn3cnc4ccccc43)CC2)n1. The van der Waals surface area contributed by atoms with Gasteiger partial charge in [0.1, 0.15) is 5.82 Å². The molecule has 0 radical (unpaired) electrons. The number of hydrogen-bond donors (Lipinski definition) is 1. The van der Waals surface area contributed by atoms with Crippen LogP contribution in [0.3, 0.4) is 0 Å². The van der Waals surface area contributed by atoms with Crippen molar-refractivity contribution in [3.05, 3.63) is 36.4 Å². The Morgan fingerprint density at radius 3 is 2.79 bits per heavy atom. The molecular weight excluding hydrogens is 384 g/mol. The number of piperazine rings is 1. The van der Waals surface area contributed by atoms with E-state index in [4.69, 9.17) is 0 Å². The van der Waals surface area contributed by atoms with E-state index in [1.807, 2.05) is 19.4 Å². The second-order valence-electron chi connectivity index (χ2n) is 7.08. The maximum Gasteiger partial charge on any atom is 0.205 e. The molecule has 0 spiro atoms. The van der Waals surface area contributed by atoms with Crippen molar-refractivity contribution in [3.8, 4) is 0 Å². The molecule has 154 valence electrons. The van der Waals surface area contributed by atoms with Crippen LogP contribution in [0.25, 0.3) is 11.0 Å². The Kier molecular flexibility index (Phi) is 6.24. The molecule has 4 rings (SSSR count). The van der Waals surface area contributed by atoms with Crippen molar-refractivity contribution in [2.24, 2.45) is 4.99 Å². The van der Waals surface area contributed by atoms with Crippen molar-refractivity contribution < 1.29 is 0 Å². The van der Waals surface area contributed by atoms with E-state index < -0.39 is 0 Å². The van der Waals surface area contributed by atoms with E-state index >= 15 is 0 Å². The molecule has 8 nitrogen and oxygen atoms in total. The number of aryl methyl sites for hydroxylation is 2. The maximum atomic E-state index is 4.61. The average Bonchev–Trinajstić information content (AvgIpc) is 3.41. The summed E-state index contributed by atoms with van der Waals surface area (Å²) in [5.41, 5.74) is 2.24. The third-order valence-corrected chi connectivity index (χ3v) is 6.04. The zero-order valence-electron chi connectivity index (χ0n) is 17.1. The van der Waals surface area contributed by atoms with E-state index in [9.17, 15) is 0 Å². The number of aliphatic imine (C=N–C) groups is 1. The molecule has 3 heterocycles. The molecular formula is C20H28N8S. The minimum atomic E-state index is 0.885. The number of aromatic nitrogens is 4. The third kappa shape index (κ3) is 4.50. The van der Waals surface area contributed by atoms with Gasteiger partial charge in [-0.15, -0.1) is 0 Å². The van der Waals surface area contributed by atoms with Crippen molar-refractivity contribution in [2.45, 2.75) is 26.3 Å². The third-order valence-electron chi connectivity index (χ3n) is 5.22. The summed E-state index contributed by atoms with van der Waals surface area (Å²) in [5.74, 6) is 1.92. The summed E-state index contributed by atoms with van der Waals surface area (Å²) in [6, 6.07) is 8.26. The van der Waals surface area contributed by atoms with Crippen molar-refractivity contribution in [1.29, 1.82) is 0 Å². The lowest BCUT2D eigenvalue weighted by Gasteiger charge is -2.36. The van der Waals surface area contributed by atoms with E-state index in [0.717, 1.165) is 74.5 Å². The van der Waals surface area contributed by atoms with E-state index in [-0.39, 0.29) is 0 Å². The van der Waals surface area contributed by atoms with E-state index in [2.05, 4.69) is 64.1 Å². The summed E-state index contributed by atoms with van der Waals surface area (Å²) in [5, 5.41) is 4.55. The van der Waals surface area contributed by atoms with Crippen molar-refractivity contribution in [2.75, 3.05) is 44.7 Å². The highest BCUT2D eigenvalue weighted by Gasteiger charge is 2.21. The van der Waals surface area contributed by atoms with Gasteiger partial charge < -0.3 is 19.7 Å². The Morgan fingerprint density at radius 1 is 1.21 bits per heavy atom. The van der Waals surface area contributed by atoms with Crippen LogP contribution in [-0.4, -0.2) is 69.5 Å². The molecule has 1 aliphatic heterocycles. The summed E-state index contributed by atoms with van der Waals surface area (Å²) in [6.07, 6.45) is 3.84. The van der Waals surface area contributed by atoms with Gasteiger partial charge in [-0.2, -0.15) is 4.37 Å². The van der Waals surface area contributed by atoms with Gasteiger partial charge in [-0.25, -0.2) is 9.97 Å². The van der Waals surface area contributed by atoms with Gasteiger partial charge in [0.25, 0.3) is 0 Å². The molecule has 9 heteroatoms. The largest absolute Gasteiger partial charge is 0.356 e. The number of hydrogen-bond acceptors (Lipinski definition) is 6. The molecule has 3 aromatic rings. The molecule has 1 saturated heterocycles. The van der Waals surface area contributed by atoms with Crippen LogP contribution in [0.1, 0.15) is 19.2 Å². The number of nitrogens with one attached hydrogen (secondary N) is 1. The molecule has 0 unspecified atom stereocenters. The molecule has 0 aliphatic carbocycles. The monoisotopic (exact) mass is 412 g/mol. The molecule has 29 heavy (non-hydrogen) atoms. The van der Waals surface area contributed by atoms with Gasteiger partial charge in [0.2, 0.25) is 5.13 Å². The maximum absolute atomic E-state index is 4.61. The number of anilines is 1. The number of nitrogens with zero attached hydrogens (tertiary/aromatic N) is 7. The van der Waals surface area contributed by atoms with Gasteiger partial charge in [-0.05, 0) is 18.6 Å². The Labute approximate surface area is 175 Å².